The van der Waals surface area contributed by atoms with E-state index in [1.54, 1.807) is 6.08 Å². The van der Waals surface area contributed by atoms with Crippen molar-refractivity contribution in [1.29, 1.82) is 0 Å². The molecule has 84 heavy (non-hydrogen) atoms. The summed E-state index contributed by atoms with van der Waals surface area (Å²) in [6.45, 7) is 4.95. The Morgan fingerprint density at radius 3 is 0.845 bits per heavy atom. The van der Waals surface area contributed by atoms with Gasteiger partial charge in [-0.15, -0.1) is 0 Å². The van der Waals surface area contributed by atoms with E-state index in [0.29, 0.717) is 19.4 Å². The van der Waals surface area contributed by atoms with Gasteiger partial charge >= 0.3 is 5.97 Å². The minimum Gasteiger partial charge on any atom is -0.466 e. The van der Waals surface area contributed by atoms with Crippen molar-refractivity contribution in [2.75, 3.05) is 13.2 Å². The van der Waals surface area contributed by atoms with Gasteiger partial charge in [0.25, 0.3) is 0 Å². The molecule has 0 aromatic heterocycles. The number of hydrogen-bond donors (Lipinski definition) is 3. The Hall–Kier alpha value is -1.66. The molecular formula is C78H151NO5. The second-order valence-corrected chi connectivity index (χ2v) is 26.7. The van der Waals surface area contributed by atoms with Crippen molar-refractivity contribution in [2.24, 2.45) is 0 Å². The maximum absolute atomic E-state index is 12.5. The minimum atomic E-state index is -0.844. The molecule has 0 aliphatic rings. The summed E-state index contributed by atoms with van der Waals surface area (Å²) in [5.74, 6) is -0.0408. The smallest absolute Gasteiger partial charge is 0.305 e. The highest BCUT2D eigenvalue weighted by molar-refractivity contribution is 5.76. The lowest BCUT2D eigenvalue weighted by Crippen LogP contribution is -2.45. The Balaban J connectivity index is 3.38. The van der Waals surface area contributed by atoms with Crippen molar-refractivity contribution < 1.29 is 24.5 Å². The molecule has 0 bridgehead atoms. The van der Waals surface area contributed by atoms with Crippen LogP contribution in [0.2, 0.25) is 0 Å². The van der Waals surface area contributed by atoms with Crippen molar-refractivity contribution >= 4 is 11.9 Å². The summed E-state index contributed by atoms with van der Waals surface area (Å²) < 4.78 is 5.49. The number of hydrogen-bond acceptors (Lipinski definition) is 5. The van der Waals surface area contributed by atoms with Gasteiger partial charge in [0.05, 0.1) is 25.4 Å². The van der Waals surface area contributed by atoms with Crippen LogP contribution < -0.4 is 5.32 Å². The first-order valence-electron chi connectivity index (χ1n) is 38.6. The number of aliphatic hydroxyl groups is 2. The van der Waals surface area contributed by atoms with Gasteiger partial charge < -0.3 is 20.3 Å². The van der Waals surface area contributed by atoms with Crippen molar-refractivity contribution in [2.45, 2.75) is 450 Å². The molecule has 0 aromatic rings. The molecule has 0 rings (SSSR count). The largest absolute Gasteiger partial charge is 0.466 e. The number of unbranched alkanes of at least 4 members (excludes halogenated alkanes) is 60. The number of rotatable bonds is 73. The van der Waals surface area contributed by atoms with E-state index >= 15 is 0 Å². The highest BCUT2D eigenvalue weighted by atomic mass is 16.5. The molecule has 0 saturated carbocycles. The van der Waals surface area contributed by atoms with Crippen LogP contribution in [-0.2, 0) is 14.3 Å². The Kier molecular flexibility index (Phi) is 72.3. The number of allylic oxidation sites excluding steroid dienone is 3. The predicted octanol–water partition coefficient (Wildman–Crippen LogP) is 25.3. The van der Waals surface area contributed by atoms with Crippen LogP contribution in [-0.4, -0.2) is 47.4 Å². The zero-order valence-electron chi connectivity index (χ0n) is 57.2. The molecule has 0 aromatic carbocycles. The average Bonchev–Trinajstić information content (AvgIpc) is 3.51. The van der Waals surface area contributed by atoms with Crippen LogP contribution in [0.3, 0.4) is 0 Å². The van der Waals surface area contributed by atoms with Crippen LogP contribution in [0.1, 0.15) is 438 Å². The van der Waals surface area contributed by atoms with Crippen molar-refractivity contribution in [3.05, 3.63) is 24.3 Å². The minimum absolute atomic E-state index is 0.0195. The van der Waals surface area contributed by atoms with Gasteiger partial charge in [0.2, 0.25) is 5.91 Å². The zero-order chi connectivity index (χ0) is 60.6. The van der Waals surface area contributed by atoms with Gasteiger partial charge in [-0.3, -0.25) is 9.59 Å². The third kappa shape index (κ3) is 69.4. The summed E-state index contributed by atoms with van der Waals surface area (Å²) in [5, 5.41) is 23.3. The molecule has 0 spiro atoms. The second kappa shape index (κ2) is 73.8. The highest BCUT2D eigenvalue weighted by Gasteiger charge is 2.18. The van der Waals surface area contributed by atoms with E-state index in [4.69, 9.17) is 4.74 Å². The van der Waals surface area contributed by atoms with Crippen molar-refractivity contribution in [3.8, 4) is 0 Å². The SMILES string of the molecule is CCCCCCCCCCCCCCCCCCCCCCC/C=C/C(O)C(CO)NC(=O)CCCCCCCCCCCCCCCCCC/C=C\CCCCCCCCCCCCCCOC(=O)CCCCCCCCCCCCCC. The first-order valence-corrected chi connectivity index (χ1v) is 38.6. The molecule has 0 fully saturated rings. The lowest BCUT2D eigenvalue weighted by atomic mass is 10.0. The van der Waals surface area contributed by atoms with Gasteiger partial charge in [0.15, 0.2) is 0 Å². The monoisotopic (exact) mass is 1180 g/mol. The van der Waals surface area contributed by atoms with Gasteiger partial charge in [-0.1, -0.05) is 391 Å². The Morgan fingerprint density at radius 2 is 0.560 bits per heavy atom. The Bertz CT molecular complexity index is 1320. The molecule has 0 aliphatic heterocycles. The van der Waals surface area contributed by atoms with E-state index in [9.17, 15) is 19.8 Å². The molecule has 0 radical (unpaired) electrons. The summed E-state index contributed by atoms with van der Waals surface area (Å²) in [6, 6.07) is -0.627. The summed E-state index contributed by atoms with van der Waals surface area (Å²) in [5.41, 5.74) is 0. The summed E-state index contributed by atoms with van der Waals surface area (Å²) in [7, 11) is 0. The van der Waals surface area contributed by atoms with Gasteiger partial charge in [0, 0.05) is 12.8 Å². The van der Waals surface area contributed by atoms with Gasteiger partial charge in [-0.05, 0) is 57.8 Å². The van der Waals surface area contributed by atoms with E-state index in [-0.39, 0.29) is 18.5 Å². The van der Waals surface area contributed by atoms with Crippen LogP contribution in [0.4, 0.5) is 0 Å². The molecule has 6 heteroatoms. The molecule has 2 unspecified atom stereocenters. The third-order valence-corrected chi connectivity index (χ3v) is 18.2. The van der Waals surface area contributed by atoms with Gasteiger partial charge in [-0.2, -0.15) is 0 Å². The number of nitrogens with one attached hydrogen (secondary N) is 1. The Morgan fingerprint density at radius 1 is 0.321 bits per heavy atom. The number of aliphatic hydroxyl groups excluding tert-OH is 2. The molecule has 2 atom stereocenters. The quantitative estimate of drug-likeness (QED) is 0.0320. The molecule has 1 amide bonds. The van der Waals surface area contributed by atoms with Crippen molar-refractivity contribution in [1.82, 2.24) is 5.32 Å². The third-order valence-electron chi connectivity index (χ3n) is 18.2. The number of esters is 1. The zero-order valence-corrected chi connectivity index (χ0v) is 57.2. The Labute approximate surface area is 526 Å². The van der Waals surface area contributed by atoms with Crippen LogP contribution >= 0.6 is 0 Å². The number of amides is 1. The van der Waals surface area contributed by atoms with E-state index in [1.807, 2.05) is 6.08 Å². The first-order chi connectivity index (χ1) is 41.5. The standard InChI is InChI=1S/C78H151NO5/c1-3-5-7-9-11-13-15-17-18-19-20-21-32-35-38-41-44-47-50-54-58-62-66-70-76(81)75(74-80)79-77(82)71-67-63-59-55-51-48-45-42-39-36-33-30-28-26-24-22-23-25-27-29-31-34-37-40-43-46-49-53-57-61-65-69-73-84-78(83)72-68-64-60-56-52-16-14-12-10-8-6-4-2/h25,27,66,70,75-76,80-81H,3-24,26,28-65,67-69,71-74H2,1-2H3,(H,79,82)/b27-25-,70-66+. The lowest BCUT2D eigenvalue weighted by Gasteiger charge is -2.20. The van der Waals surface area contributed by atoms with Gasteiger partial charge in [0.1, 0.15) is 0 Å². The van der Waals surface area contributed by atoms with Crippen LogP contribution in [0.25, 0.3) is 0 Å². The molecule has 498 valence electrons. The van der Waals surface area contributed by atoms with Crippen LogP contribution in [0, 0.1) is 0 Å². The predicted molar refractivity (Wildman–Crippen MR) is 370 cm³/mol. The topological polar surface area (TPSA) is 95.9 Å². The fraction of sp³-hybridized carbons (Fsp3) is 0.923. The summed E-state index contributed by atoms with van der Waals surface area (Å²) in [6.07, 6.45) is 94.3. The maximum Gasteiger partial charge on any atom is 0.305 e. The van der Waals surface area contributed by atoms with E-state index in [2.05, 4.69) is 31.3 Å². The fourth-order valence-electron chi connectivity index (χ4n) is 12.3. The van der Waals surface area contributed by atoms with E-state index < -0.39 is 12.1 Å². The fourth-order valence-corrected chi connectivity index (χ4v) is 12.3. The van der Waals surface area contributed by atoms with Gasteiger partial charge in [-0.25, -0.2) is 0 Å². The highest BCUT2D eigenvalue weighted by Crippen LogP contribution is 2.20. The normalized spacial score (nSPS) is 12.6. The lowest BCUT2D eigenvalue weighted by molar-refractivity contribution is -0.143. The van der Waals surface area contributed by atoms with Crippen molar-refractivity contribution in [3.63, 3.8) is 0 Å². The number of carbonyl (C=O) groups is 2. The molecular weight excluding hydrogens is 1030 g/mol. The number of carbonyl (C=O) groups excluding carboxylic acids is 2. The molecule has 3 N–H and O–H groups in total. The summed E-state index contributed by atoms with van der Waals surface area (Å²) >= 11 is 0. The number of ether oxygens (including phenoxy) is 1. The molecule has 0 saturated heterocycles. The average molecular weight is 1180 g/mol. The molecule has 0 aliphatic carbocycles. The van der Waals surface area contributed by atoms with E-state index in [1.165, 1.54) is 372 Å². The van der Waals surface area contributed by atoms with Crippen LogP contribution in [0.15, 0.2) is 24.3 Å². The first kappa shape index (κ1) is 82.3. The molecule has 6 nitrogen and oxygen atoms in total. The maximum atomic E-state index is 12.5. The second-order valence-electron chi connectivity index (χ2n) is 26.7. The van der Waals surface area contributed by atoms with E-state index in [0.717, 1.165) is 38.5 Å². The molecule has 0 heterocycles. The van der Waals surface area contributed by atoms with Crippen LogP contribution in [0.5, 0.6) is 0 Å². The summed E-state index contributed by atoms with van der Waals surface area (Å²) in [4.78, 5) is 24.6.